The van der Waals surface area contributed by atoms with E-state index in [9.17, 15) is 14.0 Å². The van der Waals surface area contributed by atoms with Crippen LogP contribution in [0.1, 0.15) is 18.4 Å². The number of amides is 2. The third-order valence-electron chi connectivity index (χ3n) is 4.25. The van der Waals surface area contributed by atoms with Gasteiger partial charge < -0.3 is 5.32 Å². The van der Waals surface area contributed by atoms with Crippen LogP contribution in [-0.4, -0.2) is 11.8 Å². The molecule has 1 N–H and O–H groups in total. The lowest BCUT2D eigenvalue weighted by molar-refractivity contribution is -0.125. The van der Waals surface area contributed by atoms with Crippen LogP contribution in [0.4, 0.5) is 15.8 Å². The lowest BCUT2D eigenvalue weighted by Gasteiger charge is -2.23. The van der Waals surface area contributed by atoms with E-state index in [1.807, 2.05) is 60.7 Å². The molecule has 0 atom stereocenters. The fraction of sp³-hybridized carbons (Fsp3) is 0.130. The first-order valence-electron chi connectivity index (χ1n) is 9.07. The Labute approximate surface area is 163 Å². The number of nitrogens with zero attached hydrogens (tertiary/aromatic N) is 1. The minimum absolute atomic E-state index is 0.0796. The van der Waals surface area contributed by atoms with Crippen molar-refractivity contribution < 1.29 is 14.0 Å². The highest BCUT2D eigenvalue weighted by Gasteiger charge is 2.18. The molecule has 4 nitrogen and oxygen atoms in total. The summed E-state index contributed by atoms with van der Waals surface area (Å²) in [6.45, 7) is 0.300. The Morgan fingerprint density at radius 2 is 1.29 bits per heavy atom. The standard InChI is InChI=1S/C23H21FN2O2/c24-19-13-11-18(12-14-19)17-25-22(27)15-16-23(28)26(20-7-3-1-4-8-20)21-9-5-2-6-10-21/h1-14H,15-17H2,(H,25,27). The predicted octanol–water partition coefficient (Wildman–Crippen LogP) is 4.59. The van der Waals surface area contributed by atoms with E-state index in [1.54, 1.807) is 17.0 Å². The first kappa shape index (κ1) is 19.3. The van der Waals surface area contributed by atoms with Gasteiger partial charge in [-0.1, -0.05) is 48.5 Å². The van der Waals surface area contributed by atoms with Crippen molar-refractivity contribution in [1.29, 1.82) is 0 Å². The van der Waals surface area contributed by atoms with E-state index in [0.29, 0.717) is 6.54 Å². The second-order valence-corrected chi connectivity index (χ2v) is 6.30. The van der Waals surface area contributed by atoms with Gasteiger partial charge in [-0.15, -0.1) is 0 Å². The molecule has 0 aliphatic carbocycles. The molecular weight excluding hydrogens is 355 g/mol. The molecule has 142 valence electrons. The maximum absolute atomic E-state index is 12.9. The first-order valence-corrected chi connectivity index (χ1v) is 9.07. The zero-order valence-electron chi connectivity index (χ0n) is 15.3. The first-order chi connectivity index (χ1) is 13.6. The molecule has 3 aromatic rings. The monoisotopic (exact) mass is 376 g/mol. The Morgan fingerprint density at radius 1 is 0.750 bits per heavy atom. The molecule has 0 spiro atoms. The van der Waals surface area contributed by atoms with E-state index in [4.69, 9.17) is 0 Å². The van der Waals surface area contributed by atoms with Gasteiger partial charge in [0.25, 0.3) is 0 Å². The number of benzene rings is 3. The number of rotatable bonds is 7. The summed E-state index contributed by atoms with van der Waals surface area (Å²) in [5.41, 5.74) is 2.31. The molecule has 0 saturated heterocycles. The number of carbonyl (C=O) groups excluding carboxylic acids is 2. The van der Waals surface area contributed by atoms with Gasteiger partial charge in [-0.05, 0) is 42.0 Å². The van der Waals surface area contributed by atoms with E-state index >= 15 is 0 Å². The minimum Gasteiger partial charge on any atom is -0.352 e. The van der Waals surface area contributed by atoms with Crippen molar-refractivity contribution in [3.05, 3.63) is 96.3 Å². The van der Waals surface area contributed by atoms with Crippen molar-refractivity contribution in [1.82, 2.24) is 5.32 Å². The maximum atomic E-state index is 12.9. The fourth-order valence-corrected chi connectivity index (χ4v) is 2.81. The molecule has 0 radical (unpaired) electrons. The third kappa shape index (κ3) is 5.27. The minimum atomic E-state index is -0.317. The summed E-state index contributed by atoms with van der Waals surface area (Å²) in [6.07, 6.45) is 0.162. The smallest absolute Gasteiger partial charge is 0.232 e. The number of anilines is 2. The van der Waals surface area contributed by atoms with Gasteiger partial charge in [-0.2, -0.15) is 0 Å². The van der Waals surface area contributed by atoms with Crippen molar-refractivity contribution in [2.45, 2.75) is 19.4 Å². The molecule has 2 amide bonds. The van der Waals surface area contributed by atoms with Crippen molar-refractivity contribution >= 4 is 23.2 Å². The molecule has 0 bridgehead atoms. The number of hydrogen-bond donors (Lipinski definition) is 1. The number of para-hydroxylation sites is 2. The van der Waals surface area contributed by atoms with Gasteiger partial charge in [0.15, 0.2) is 0 Å². The van der Waals surface area contributed by atoms with Crippen LogP contribution in [0.25, 0.3) is 0 Å². The van der Waals surface area contributed by atoms with Crippen LogP contribution in [0.2, 0.25) is 0 Å². The SMILES string of the molecule is O=C(CCC(=O)N(c1ccccc1)c1ccccc1)NCc1ccc(F)cc1. The zero-order valence-corrected chi connectivity index (χ0v) is 15.3. The van der Waals surface area contributed by atoms with Crippen LogP contribution in [-0.2, 0) is 16.1 Å². The molecule has 0 fully saturated rings. The summed E-state index contributed by atoms with van der Waals surface area (Å²) in [5, 5.41) is 2.76. The van der Waals surface area contributed by atoms with Crippen molar-refractivity contribution in [3.63, 3.8) is 0 Å². The van der Waals surface area contributed by atoms with Gasteiger partial charge in [0, 0.05) is 30.8 Å². The average molecular weight is 376 g/mol. The molecule has 0 saturated carbocycles. The Morgan fingerprint density at radius 3 is 1.82 bits per heavy atom. The highest BCUT2D eigenvalue weighted by atomic mass is 19.1. The topological polar surface area (TPSA) is 49.4 Å². The van der Waals surface area contributed by atoms with Crippen LogP contribution in [0.3, 0.4) is 0 Å². The molecule has 0 unspecified atom stereocenters. The fourth-order valence-electron chi connectivity index (χ4n) is 2.81. The predicted molar refractivity (Wildman–Crippen MR) is 108 cm³/mol. The van der Waals surface area contributed by atoms with Crippen LogP contribution >= 0.6 is 0 Å². The maximum Gasteiger partial charge on any atom is 0.232 e. The highest BCUT2D eigenvalue weighted by molar-refractivity contribution is 6.01. The van der Waals surface area contributed by atoms with Crippen LogP contribution in [0, 0.1) is 5.82 Å². The van der Waals surface area contributed by atoms with E-state index in [-0.39, 0.29) is 30.5 Å². The molecule has 3 aromatic carbocycles. The van der Waals surface area contributed by atoms with Gasteiger partial charge >= 0.3 is 0 Å². The molecule has 0 heterocycles. The Bertz CT molecular complexity index is 873. The van der Waals surface area contributed by atoms with Crippen LogP contribution < -0.4 is 10.2 Å². The van der Waals surface area contributed by atoms with Crippen molar-refractivity contribution in [2.24, 2.45) is 0 Å². The normalized spacial score (nSPS) is 10.3. The van der Waals surface area contributed by atoms with Gasteiger partial charge in [-0.3, -0.25) is 14.5 Å². The highest BCUT2D eigenvalue weighted by Crippen LogP contribution is 2.26. The molecule has 0 aromatic heterocycles. The van der Waals surface area contributed by atoms with E-state index < -0.39 is 0 Å². The number of hydrogen-bond acceptors (Lipinski definition) is 2. The molecular formula is C23H21FN2O2. The van der Waals surface area contributed by atoms with Gasteiger partial charge in [0.2, 0.25) is 11.8 Å². The summed E-state index contributed by atoms with van der Waals surface area (Å²) in [6, 6.07) is 24.6. The molecule has 28 heavy (non-hydrogen) atoms. The summed E-state index contributed by atoms with van der Waals surface area (Å²) in [5.74, 6) is -0.698. The lowest BCUT2D eigenvalue weighted by Crippen LogP contribution is -2.29. The number of halogens is 1. The molecule has 5 heteroatoms. The average Bonchev–Trinajstić information content (AvgIpc) is 2.73. The molecule has 0 aliphatic heterocycles. The lowest BCUT2D eigenvalue weighted by atomic mass is 10.2. The Hall–Kier alpha value is -3.47. The zero-order chi connectivity index (χ0) is 19.8. The van der Waals surface area contributed by atoms with Crippen LogP contribution in [0.5, 0.6) is 0 Å². The Kier molecular flexibility index (Phi) is 6.52. The third-order valence-corrected chi connectivity index (χ3v) is 4.25. The summed E-state index contributed by atoms with van der Waals surface area (Å²) >= 11 is 0. The molecule has 0 aliphatic rings. The number of nitrogens with one attached hydrogen (secondary N) is 1. The number of carbonyl (C=O) groups is 2. The summed E-state index contributed by atoms with van der Waals surface area (Å²) < 4.78 is 12.9. The van der Waals surface area contributed by atoms with E-state index in [1.165, 1.54) is 12.1 Å². The van der Waals surface area contributed by atoms with Gasteiger partial charge in [0.1, 0.15) is 5.82 Å². The summed E-state index contributed by atoms with van der Waals surface area (Å²) in [7, 11) is 0. The van der Waals surface area contributed by atoms with Crippen LogP contribution in [0.15, 0.2) is 84.9 Å². The largest absolute Gasteiger partial charge is 0.352 e. The summed E-state index contributed by atoms with van der Waals surface area (Å²) in [4.78, 5) is 26.6. The second-order valence-electron chi connectivity index (χ2n) is 6.30. The van der Waals surface area contributed by atoms with Crippen molar-refractivity contribution in [2.75, 3.05) is 4.90 Å². The molecule has 3 rings (SSSR count). The van der Waals surface area contributed by atoms with Crippen molar-refractivity contribution in [3.8, 4) is 0 Å². The van der Waals surface area contributed by atoms with Gasteiger partial charge in [0.05, 0.1) is 0 Å². The Balaban J connectivity index is 1.60. The second kappa shape index (κ2) is 9.46. The van der Waals surface area contributed by atoms with E-state index in [0.717, 1.165) is 16.9 Å². The quantitative estimate of drug-likeness (QED) is 0.656. The van der Waals surface area contributed by atoms with E-state index in [2.05, 4.69) is 5.32 Å². The van der Waals surface area contributed by atoms with Gasteiger partial charge in [-0.25, -0.2) is 4.39 Å².